The number of Topliss-reactive ketones (excluding diaryl/α,β-unsaturated/α-hetero) is 1. The summed E-state index contributed by atoms with van der Waals surface area (Å²) in [5.41, 5.74) is 3.60. The summed E-state index contributed by atoms with van der Waals surface area (Å²) in [4.78, 5) is 50.5. The first-order chi connectivity index (χ1) is 14.7. The zero-order valence-electron chi connectivity index (χ0n) is 17.7. The molecule has 0 radical (unpaired) electrons. The van der Waals surface area contributed by atoms with Gasteiger partial charge in [0.1, 0.15) is 17.2 Å². The topological polar surface area (TPSA) is 113 Å². The van der Waals surface area contributed by atoms with Crippen molar-refractivity contribution >= 4 is 17.6 Å². The summed E-state index contributed by atoms with van der Waals surface area (Å²) in [5, 5.41) is 0. The van der Waals surface area contributed by atoms with Gasteiger partial charge in [0.15, 0.2) is 6.61 Å². The maximum absolute atomic E-state index is 13.8. The number of esters is 1. The minimum absolute atomic E-state index is 0.238. The minimum atomic E-state index is -1.03. The van der Waals surface area contributed by atoms with E-state index in [2.05, 4.69) is 0 Å². The first-order valence-corrected chi connectivity index (χ1v) is 10.3. The van der Waals surface area contributed by atoms with Crippen molar-refractivity contribution in [1.29, 1.82) is 0 Å². The van der Waals surface area contributed by atoms with Crippen LogP contribution in [0.15, 0.2) is 33.9 Å². The summed E-state index contributed by atoms with van der Waals surface area (Å²) in [6.45, 7) is 1.37. The lowest BCUT2D eigenvalue weighted by molar-refractivity contribution is -0.149. The second kappa shape index (κ2) is 8.87. The van der Waals surface area contributed by atoms with Gasteiger partial charge in [-0.2, -0.15) is 0 Å². The Labute approximate surface area is 178 Å². The number of nitrogens with zero attached hydrogens (tertiary/aromatic N) is 2. The smallest absolute Gasteiger partial charge is 0.332 e. The number of ketones is 1. The third kappa shape index (κ3) is 4.04. The molecule has 3 rings (SSSR count). The summed E-state index contributed by atoms with van der Waals surface area (Å²) in [7, 11) is 1.26. The Morgan fingerprint density at radius 3 is 2.52 bits per heavy atom. The molecule has 1 heterocycles. The van der Waals surface area contributed by atoms with Crippen LogP contribution in [0.1, 0.15) is 54.9 Å². The average Bonchev–Trinajstić information content (AvgIpc) is 3.25. The van der Waals surface area contributed by atoms with Gasteiger partial charge in [0.2, 0.25) is 5.78 Å². The number of nitrogen functional groups attached to an aromatic ring is 1. The third-order valence-corrected chi connectivity index (χ3v) is 5.87. The normalized spacial score (nSPS) is 15.1. The monoisotopic (exact) mass is 431 g/mol. The molecule has 2 N–H and O–H groups in total. The molecule has 1 saturated carbocycles. The molecule has 8 nitrogen and oxygen atoms in total. The van der Waals surface area contributed by atoms with Crippen molar-refractivity contribution in [1.82, 2.24) is 9.13 Å². The lowest BCUT2D eigenvalue weighted by atomic mass is 9.79. The van der Waals surface area contributed by atoms with Crippen LogP contribution in [0.3, 0.4) is 0 Å². The first kappa shape index (κ1) is 22.5. The molecular formula is C22H26FN3O5. The predicted octanol–water partition coefficient (Wildman–Crippen LogP) is 1.92. The molecule has 1 aromatic heterocycles. The van der Waals surface area contributed by atoms with Gasteiger partial charge < -0.3 is 10.5 Å². The number of nitrogens with two attached hydrogens (primary N) is 1. The third-order valence-electron chi connectivity index (χ3n) is 5.87. The highest BCUT2D eigenvalue weighted by Crippen LogP contribution is 2.42. The van der Waals surface area contributed by atoms with Gasteiger partial charge in [-0.25, -0.2) is 9.18 Å². The van der Waals surface area contributed by atoms with Crippen LogP contribution in [0, 0.1) is 5.82 Å². The Balaban J connectivity index is 1.87. The molecule has 31 heavy (non-hydrogen) atoms. The van der Waals surface area contributed by atoms with Gasteiger partial charge in [0.05, 0.1) is 5.41 Å². The van der Waals surface area contributed by atoms with E-state index in [1.54, 1.807) is 6.07 Å². The molecule has 1 aliphatic carbocycles. The summed E-state index contributed by atoms with van der Waals surface area (Å²) in [6, 6.07) is 5.81. The Morgan fingerprint density at radius 1 is 1.23 bits per heavy atom. The van der Waals surface area contributed by atoms with Crippen LogP contribution in [0.4, 0.5) is 10.2 Å². The molecule has 0 saturated heterocycles. The van der Waals surface area contributed by atoms with Crippen LogP contribution in [0.25, 0.3) is 0 Å². The highest BCUT2D eigenvalue weighted by Gasteiger charge is 2.44. The van der Waals surface area contributed by atoms with Crippen molar-refractivity contribution in [3.05, 3.63) is 62.0 Å². The van der Waals surface area contributed by atoms with E-state index in [1.165, 1.54) is 25.2 Å². The largest absolute Gasteiger partial charge is 0.457 e. The van der Waals surface area contributed by atoms with Crippen LogP contribution >= 0.6 is 0 Å². The van der Waals surface area contributed by atoms with Gasteiger partial charge in [0.25, 0.3) is 5.56 Å². The second-order valence-electron chi connectivity index (χ2n) is 7.86. The number of aromatic nitrogens is 2. The molecule has 166 valence electrons. The summed E-state index contributed by atoms with van der Waals surface area (Å²) >= 11 is 0. The predicted molar refractivity (Wildman–Crippen MR) is 112 cm³/mol. The number of rotatable bonds is 7. The lowest BCUT2D eigenvalue weighted by Gasteiger charge is -2.27. The molecule has 0 unspecified atom stereocenters. The van der Waals surface area contributed by atoms with E-state index in [0.29, 0.717) is 24.8 Å². The molecule has 2 aromatic rings. The number of ether oxygens (including phenoxy) is 1. The van der Waals surface area contributed by atoms with Crippen LogP contribution in [0.5, 0.6) is 0 Å². The van der Waals surface area contributed by atoms with Crippen LogP contribution in [0.2, 0.25) is 0 Å². The molecule has 1 aromatic carbocycles. The van der Waals surface area contributed by atoms with Crippen molar-refractivity contribution in [3.63, 3.8) is 0 Å². The summed E-state index contributed by atoms with van der Waals surface area (Å²) in [5.74, 6) is -2.12. The van der Waals surface area contributed by atoms with Crippen molar-refractivity contribution in [3.8, 4) is 0 Å². The van der Waals surface area contributed by atoms with E-state index in [9.17, 15) is 23.6 Å². The number of carbonyl (C=O) groups excluding carboxylic acids is 2. The molecular weight excluding hydrogens is 405 g/mol. The van der Waals surface area contributed by atoms with Gasteiger partial charge in [-0.15, -0.1) is 0 Å². The SMILES string of the molecule is CCCn1c(N)c(C(=O)COC(=O)C2(c3cccc(F)c3)CCCC2)c(=O)n(C)c1=O. The Morgan fingerprint density at radius 2 is 1.90 bits per heavy atom. The highest BCUT2D eigenvalue weighted by molar-refractivity contribution is 6.01. The lowest BCUT2D eigenvalue weighted by Crippen LogP contribution is -2.43. The molecule has 1 fully saturated rings. The molecule has 0 aliphatic heterocycles. The van der Waals surface area contributed by atoms with Gasteiger partial charge >= 0.3 is 11.7 Å². The van der Waals surface area contributed by atoms with Gasteiger partial charge in [-0.3, -0.25) is 23.5 Å². The van der Waals surface area contributed by atoms with Crippen LogP contribution in [-0.4, -0.2) is 27.5 Å². The van der Waals surface area contributed by atoms with E-state index in [4.69, 9.17) is 10.5 Å². The van der Waals surface area contributed by atoms with E-state index in [-0.39, 0.29) is 17.9 Å². The highest BCUT2D eigenvalue weighted by atomic mass is 19.1. The number of anilines is 1. The van der Waals surface area contributed by atoms with Crippen molar-refractivity contribution in [2.75, 3.05) is 12.3 Å². The number of halogens is 1. The zero-order chi connectivity index (χ0) is 22.8. The second-order valence-corrected chi connectivity index (χ2v) is 7.86. The van der Waals surface area contributed by atoms with Crippen LogP contribution < -0.4 is 17.0 Å². The molecule has 0 bridgehead atoms. The van der Waals surface area contributed by atoms with Crippen molar-refractivity contribution < 1.29 is 18.7 Å². The fourth-order valence-corrected chi connectivity index (χ4v) is 4.20. The standard InChI is InChI=1S/C22H26FN3O5/c1-3-11-26-18(24)17(19(28)25(2)21(26)30)16(27)13-31-20(29)22(9-4-5-10-22)14-7-6-8-15(23)12-14/h6-8,12H,3-5,9-11,13,24H2,1-2H3. The summed E-state index contributed by atoms with van der Waals surface area (Å²) < 4.78 is 21.0. The Kier molecular flexibility index (Phi) is 6.42. The number of hydrogen-bond donors (Lipinski definition) is 1. The minimum Gasteiger partial charge on any atom is -0.457 e. The molecule has 1 aliphatic rings. The van der Waals surface area contributed by atoms with Crippen molar-refractivity contribution in [2.45, 2.75) is 51.0 Å². The fourth-order valence-electron chi connectivity index (χ4n) is 4.20. The average molecular weight is 431 g/mol. The first-order valence-electron chi connectivity index (χ1n) is 10.3. The quantitative estimate of drug-likeness (QED) is 0.529. The number of hydrogen-bond acceptors (Lipinski definition) is 6. The number of benzene rings is 1. The number of carbonyl (C=O) groups is 2. The van der Waals surface area contributed by atoms with Crippen molar-refractivity contribution in [2.24, 2.45) is 7.05 Å². The van der Waals surface area contributed by atoms with E-state index in [0.717, 1.165) is 22.0 Å². The van der Waals surface area contributed by atoms with Gasteiger partial charge in [-0.1, -0.05) is 31.9 Å². The molecule has 0 spiro atoms. The molecule has 0 amide bonds. The van der Waals surface area contributed by atoms with E-state index < -0.39 is 40.8 Å². The maximum atomic E-state index is 13.8. The van der Waals surface area contributed by atoms with Gasteiger partial charge in [-0.05, 0) is 37.0 Å². The van der Waals surface area contributed by atoms with E-state index >= 15 is 0 Å². The Hall–Kier alpha value is -3.23. The van der Waals surface area contributed by atoms with Gasteiger partial charge in [0, 0.05) is 13.6 Å². The van der Waals surface area contributed by atoms with E-state index in [1.807, 2.05) is 6.92 Å². The summed E-state index contributed by atoms with van der Waals surface area (Å²) in [6.07, 6.45) is 3.08. The maximum Gasteiger partial charge on any atom is 0.332 e. The molecule has 0 atom stereocenters. The van der Waals surface area contributed by atoms with Crippen LogP contribution in [-0.2, 0) is 28.5 Å². The Bertz CT molecular complexity index is 1130. The zero-order valence-corrected chi connectivity index (χ0v) is 17.7. The molecule has 9 heteroatoms. The fraction of sp³-hybridized carbons (Fsp3) is 0.455.